The van der Waals surface area contributed by atoms with Gasteiger partial charge in [0, 0.05) is 28.4 Å². The molecule has 0 aliphatic carbocycles. The largest absolute Gasteiger partial charge is 0.366 e. The van der Waals surface area contributed by atoms with Gasteiger partial charge < -0.3 is 10.3 Å². The number of nitrogens with two attached hydrogens (primary N) is 1. The molecule has 1 aromatic carbocycles. The first kappa shape index (κ1) is 17.5. The van der Waals surface area contributed by atoms with E-state index in [9.17, 15) is 4.79 Å². The van der Waals surface area contributed by atoms with Crippen LogP contribution in [0.25, 0.3) is 11.1 Å². The Morgan fingerprint density at radius 3 is 2.44 bits per heavy atom. The van der Waals surface area contributed by atoms with E-state index in [1.807, 2.05) is 6.92 Å². The minimum atomic E-state index is -0.349. The van der Waals surface area contributed by atoms with Crippen molar-refractivity contribution in [2.75, 3.05) is 0 Å². The molecule has 2 N–H and O–H groups in total. The van der Waals surface area contributed by atoms with Gasteiger partial charge in [0.05, 0.1) is 5.56 Å². The molecule has 0 fully saturated rings. The van der Waals surface area contributed by atoms with E-state index in [1.165, 1.54) is 16.1 Å². The fourth-order valence-corrected chi connectivity index (χ4v) is 4.18. The molecule has 3 nitrogen and oxygen atoms in total. The maximum atomic E-state index is 12.2. The van der Waals surface area contributed by atoms with E-state index < -0.39 is 0 Å². The molecule has 4 heteroatoms. The molecular weight excluding hydrogens is 328 g/mol. The number of nitrogens with zero attached hydrogens (tertiary/aromatic N) is 1. The molecule has 0 unspecified atom stereocenters. The Morgan fingerprint density at radius 2 is 1.88 bits per heavy atom. The van der Waals surface area contributed by atoms with Gasteiger partial charge in [0.15, 0.2) is 0 Å². The van der Waals surface area contributed by atoms with Crippen LogP contribution in [0.4, 0.5) is 0 Å². The average Bonchev–Trinajstić information content (AvgIpc) is 3.19. The van der Waals surface area contributed by atoms with E-state index in [-0.39, 0.29) is 5.91 Å². The van der Waals surface area contributed by atoms with Crippen molar-refractivity contribution in [2.45, 2.75) is 40.2 Å². The predicted molar refractivity (Wildman–Crippen MR) is 105 cm³/mol. The number of benzene rings is 1. The smallest absolute Gasteiger partial charge is 0.251 e. The summed E-state index contributed by atoms with van der Waals surface area (Å²) < 4.78 is 2.27. The summed E-state index contributed by atoms with van der Waals surface area (Å²) in [5, 5.41) is 2.10. The van der Waals surface area contributed by atoms with E-state index in [2.05, 4.69) is 60.2 Å². The number of aryl methyl sites for hydroxylation is 2. The summed E-state index contributed by atoms with van der Waals surface area (Å²) in [5.74, 6) is -0.349. The highest BCUT2D eigenvalue weighted by Gasteiger charge is 2.23. The Morgan fingerprint density at radius 1 is 1.16 bits per heavy atom. The number of carbonyl (C=O) groups excluding carboxylic acids is 1. The number of rotatable bonds is 6. The number of hydrogen-bond donors (Lipinski definition) is 1. The number of thiophene rings is 1. The van der Waals surface area contributed by atoms with E-state index in [0.29, 0.717) is 5.56 Å². The third-order valence-electron chi connectivity index (χ3n) is 4.71. The van der Waals surface area contributed by atoms with Crippen molar-refractivity contribution in [3.05, 3.63) is 69.2 Å². The number of carbonyl (C=O) groups is 1. The van der Waals surface area contributed by atoms with Crippen LogP contribution in [0, 0.1) is 13.8 Å². The summed E-state index contributed by atoms with van der Waals surface area (Å²) in [6.45, 7) is 7.07. The zero-order valence-electron chi connectivity index (χ0n) is 15.0. The monoisotopic (exact) mass is 352 g/mol. The highest BCUT2D eigenvalue weighted by molar-refractivity contribution is 7.09. The van der Waals surface area contributed by atoms with E-state index >= 15 is 0 Å². The molecular formula is C21H24N2OS. The van der Waals surface area contributed by atoms with Crippen LogP contribution in [-0.4, -0.2) is 10.5 Å². The van der Waals surface area contributed by atoms with Gasteiger partial charge in [-0.05, 0) is 43.7 Å². The van der Waals surface area contributed by atoms with Crippen molar-refractivity contribution in [3.8, 4) is 11.1 Å². The Kier molecular flexibility index (Phi) is 5.09. The Balaban J connectivity index is 2.10. The maximum absolute atomic E-state index is 12.2. The molecule has 1 amide bonds. The SMILES string of the molecule is CCc1c(-c2ccc(C)cc2)c(C(N)=O)c(C)n1CCc1cccs1. The van der Waals surface area contributed by atoms with Crippen LogP contribution in [0.2, 0.25) is 0 Å². The second-order valence-corrected chi connectivity index (χ2v) is 7.38. The van der Waals surface area contributed by atoms with Crippen molar-refractivity contribution < 1.29 is 4.79 Å². The first-order valence-corrected chi connectivity index (χ1v) is 9.52. The minimum Gasteiger partial charge on any atom is -0.366 e. The first-order valence-electron chi connectivity index (χ1n) is 8.64. The van der Waals surface area contributed by atoms with Crippen LogP contribution in [0.1, 0.15) is 39.1 Å². The molecule has 0 aliphatic rings. The summed E-state index contributed by atoms with van der Waals surface area (Å²) in [6, 6.07) is 12.6. The molecule has 0 saturated carbocycles. The molecule has 130 valence electrons. The zero-order valence-corrected chi connectivity index (χ0v) is 15.8. The lowest BCUT2D eigenvalue weighted by Crippen LogP contribution is -2.13. The summed E-state index contributed by atoms with van der Waals surface area (Å²) >= 11 is 1.77. The quantitative estimate of drug-likeness (QED) is 0.684. The van der Waals surface area contributed by atoms with Crippen molar-refractivity contribution in [3.63, 3.8) is 0 Å². The van der Waals surface area contributed by atoms with Crippen molar-refractivity contribution in [1.82, 2.24) is 4.57 Å². The van der Waals surface area contributed by atoms with Gasteiger partial charge in [-0.15, -0.1) is 11.3 Å². The fraction of sp³-hybridized carbons (Fsp3) is 0.286. The lowest BCUT2D eigenvalue weighted by Gasteiger charge is -2.11. The third kappa shape index (κ3) is 3.40. The molecule has 0 radical (unpaired) electrons. The molecule has 0 spiro atoms. The number of hydrogen-bond acceptors (Lipinski definition) is 2. The fourth-order valence-electron chi connectivity index (χ4n) is 3.48. The van der Waals surface area contributed by atoms with Gasteiger partial charge in [0.1, 0.15) is 0 Å². The van der Waals surface area contributed by atoms with Crippen LogP contribution in [0.3, 0.4) is 0 Å². The van der Waals surface area contributed by atoms with Gasteiger partial charge in [-0.1, -0.05) is 42.8 Å². The number of primary amides is 1. The maximum Gasteiger partial charge on any atom is 0.251 e. The highest BCUT2D eigenvalue weighted by Crippen LogP contribution is 2.33. The lowest BCUT2D eigenvalue weighted by atomic mass is 9.98. The zero-order chi connectivity index (χ0) is 18.0. The predicted octanol–water partition coefficient (Wildman–Crippen LogP) is 4.74. The van der Waals surface area contributed by atoms with Gasteiger partial charge in [-0.2, -0.15) is 0 Å². The summed E-state index contributed by atoms with van der Waals surface area (Å²) in [5.41, 5.74) is 11.8. The van der Waals surface area contributed by atoms with Crippen LogP contribution >= 0.6 is 11.3 Å². The highest BCUT2D eigenvalue weighted by atomic mass is 32.1. The Bertz CT molecular complexity index is 874. The molecule has 25 heavy (non-hydrogen) atoms. The van der Waals surface area contributed by atoms with Gasteiger partial charge in [0.25, 0.3) is 5.91 Å². The van der Waals surface area contributed by atoms with Crippen molar-refractivity contribution in [1.29, 1.82) is 0 Å². The summed E-state index contributed by atoms with van der Waals surface area (Å²) in [6.07, 6.45) is 1.83. The van der Waals surface area contributed by atoms with Crippen LogP contribution in [0.15, 0.2) is 41.8 Å². The normalized spacial score (nSPS) is 11.0. The standard InChI is InChI=1S/C21H24N2OS/c1-4-18-20(16-9-7-14(2)8-10-16)19(21(22)24)15(3)23(18)12-11-17-6-5-13-25-17/h5-10,13H,4,11-12H2,1-3H3,(H2,22,24). The molecule has 3 rings (SSSR count). The van der Waals surface area contributed by atoms with Crippen LogP contribution in [-0.2, 0) is 19.4 Å². The second-order valence-electron chi connectivity index (χ2n) is 6.35. The second kappa shape index (κ2) is 7.28. The third-order valence-corrected chi connectivity index (χ3v) is 5.65. The Labute approximate surface area is 153 Å². The summed E-state index contributed by atoms with van der Waals surface area (Å²) in [7, 11) is 0. The van der Waals surface area contributed by atoms with Crippen LogP contribution in [0.5, 0.6) is 0 Å². The number of aromatic nitrogens is 1. The number of amides is 1. The Hall–Kier alpha value is -2.33. The molecule has 3 aromatic rings. The lowest BCUT2D eigenvalue weighted by molar-refractivity contribution is 0.1000. The molecule has 0 aliphatic heterocycles. The van der Waals surface area contributed by atoms with Gasteiger partial charge in [-0.25, -0.2) is 0 Å². The molecule has 2 heterocycles. The molecule has 0 saturated heterocycles. The first-order chi connectivity index (χ1) is 12.0. The van der Waals surface area contributed by atoms with E-state index in [1.54, 1.807) is 11.3 Å². The molecule has 0 atom stereocenters. The minimum absolute atomic E-state index is 0.349. The van der Waals surface area contributed by atoms with E-state index in [4.69, 9.17) is 5.73 Å². The van der Waals surface area contributed by atoms with Gasteiger partial charge in [0.2, 0.25) is 0 Å². The van der Waals surface area contributed by atoms with Gasteiger partial charge in [-0.3, -0.25) is 4.79 Å². The average molecular weight is 353 g/mol. The molecule has 2 aromatic heterocycles. The molecule has 0 bridgehead atoms. The van der Waals surface area contributed by atoms with Gasteiger partial charge >= 0.3 is 0 Å². The topological polar surface area (TPSA) is 48.0 Å². The van der Waals surface area contributed by atoms with Crippen molar-refractivity contribution in [2.24, 2.45) is 5.73 Å². The van der Waals surface area contributed by atoms with Crippen LogP contribution < -0.4 is 5.73 Å². The van der Waals surface area contributed by atoms with Crippen molar-refractivity contribution >= 4 is 17.2 Å². The van der Waals surface area contributed by atoms with E-state index in [0.717, 1.165) is 36.2 Å². The summed E-state index contributed by atoms with van der Waals surface area (Å²) in [4.78, 5) is 13.6.